The molecule has 1 aliphatic rings. The van der Waals surface area contributed by atoms with E-state index < -0.39 is 0 Å². The number of aliphatic imine (C=N–C) groups is 1. The summed E-state index contributed by atoms with van der Waals surface area (Å²) >= 11 is 0. The second-order valence-electron chi connectivity index (χ2n) is 7.49. The fraction of sp³-hybridized carbons (Fsp3) is 0.435. The molecule has 3 rings (SSSR count). The lowest BCUT2D eigenvalue weighted by atomic mass is 10.0. The molecule has 0 bridgehead atoms. The number of piperidine rings is 1. The highest BCUT2D eigenvalue weighted by atomic mass is 127. The van der Waals surface area contributed by atoms with Crippen LogP contribution in [0.5, 0.6) is 5.75 Å². The molecule has 1 saturated heterocycles. The van der Waals surface area contributed by atoms with Crippen molar-refractivity contribution in [3.05, 3.63) is 66.0 Å². The number of likely N-dealkylation sites (tertiary alicyclic amines) is 1. The van der Waals surface area contributed by atoms with Crippen LogP contribution in [-0.2, 0) is 6.54 Å². The van der Waals surface area contributed by atoms with E-state index in [1.54, 1.807) is 25.2 Å². The molecule has 2 aromatic carbocycles. The molecule has 7 heteroatoms. The average Bonchev–Trinajstić information content (AvgIpc) is 2.75. The molecule has 1 heterocycles. The SMILES string of the molecule is CN=C(NCC(C)Oc1ccccc1F)NC1CCN(Cc2ccccc2)CC1.I. The molecule has 1 unspecified atom stereocenters. The van der Waals surface area contributed by atoms with Crippen LogP contribution in [0.15, 0.2) is 59.6 Å². The molecule has 0 saturated carbocycles. The highest BCUT2D eigenvalue weighted by Gasteiger charge is 2.20. The van der Waals surface area contributed by atoms with Gasteiger partial charge in [-0.2, -0.15) is 0 Å². The van der Waals surface area contributed by atoms with E-state index in [-0.39, 0.29) is 41.6 Å². The molecular weight excluding hydrogens is 494 g/mol. The number of nitrogens with zero attached hydrogens (tertiary/aromatic N) is 2. The zero-order chi connectivity index (χ0) is 20.5. The fourth-order valence-electron chi connectivity index (χ4n) is 3.50. The molecule has 1 atom stereocenters. The molecule has 5 nitrogen and oxygen atoms in total. The monoisotopic (exact) mass is 526 g/mol. The fourth-order valence-corrected chi connectivity index (χ4v) is 3.50. The van der Waals surface area contributed by atoms with Crippen LogP contribution in [0.25, 0.3) is 0 Å². The maximum Gasteiger partial charge on any atom is 0.191 e. The van der Waals surface area contributed by atoms with Crippen LogP contribution in [0.4, 0.5) is 4.39 Å². The Morgan fingerprint density at radius 1 is 1.13 bits per heavy atom. The molecule has 1 aliphatic heterocycles. The van der Waals surface area contributed by atoms with Gasteiger partial charge in [0.05, 0.1) is 6.54 Å². The Bertz CT molecular complexity index is 782. The predicted octanol–water partition coefficient (Wildman–Crippen LogP) is 4.04. The number of nitrogens with one attached hydrogen (secondary N) is 2. The Balaban J connectivity index is 0.00000320. The summed E-state index contributed by atoms with van der Waals surface area (Å²) in [4.78, 5) is 6.81. The van der Waals surface area contributed by atoms with Gasteiger partial charge in [-0.3, -0.25) is 9.89 Å². The van der Waals surface area contributed by atoms with Crippen LogP contribution < -0.4 is 15.4 Å². The van der Waals surface area contributed by atoms with Crippen LogP contribution >= 0.6 is 24.0 Å². The average molecular weight is 526 g/mol. The first-order valence-electron chi connectivity index (χ1n) is 10.3. The highest BCUT2D eigenvalue weighted by Crippen LogP contribution is 2.17. The van der Waals surface area contributed by atoms with E-state index in [0.717, 1.165) is 38.4 Å². The Kier molecular flexibility index (Phi) is 10.4. The van der Waals surface area contributed by atoms with Gasteiger partial charge in [0, 0.05) is 32.7 Å². The Labute approximate surface area is 196 Å². The summed E-state index contributed by atoms with van der Waals surface area (Å²) in [7, 11) is 1.77. The van der Waals surface area contributed by atoms with Gasteiger partial charge in [-0.1, -0.05) is 42.5 Å². The molecule has 2 aromatic rings. The maximum atomic E-state index is 13.7. The summed E-state index contributed by atoms with van der Waals surface area (Å²) in [6.45, 7) is 5.59. The molecule has 164 valence electrons. The summed E-state index contributed by atoms with van der Waals surface area (Å²) in [5.74, 6) is 0.690. The van der Waals surface area contributed by atoms with Crippen molar-refractivity contribution < 1.29 is 9.13 Å². The van der Waals surface area contributed by atoms with Crippen LogP contribution in [0.3, 0.4) is 0 Å². The van der Waals surface area contributed by atoms with Crippen molar-refractivity contribution in [2.75, 3.05) is 26.7 Å². The van der Waals surface area contributed by atoms with Gasteiger partial charge in [-0.25, -0.2) is 4.39 Å². The first-order chi connectivity index (χ1) is 14.1. The maximum absolute atomic E-state index is 13.7. The highest BCUT2D eigenvalue weighted by molar-refractivity contribution is 14.0. The lowest BCUT2D eigenvalue weighted by Gasteiger charge is -2.33. The van der Waals surface area contributed by atoms with Gasteiger partial charge >= 0.3 is 0 Å². The minimum Gasteiger partial charge on any atom is -0.486 e. The summed E-state index contributed by atoms with van der Waals surface area (Å²) in [5, 5.41) is 6.79. The van der Waals surface area contributed by atoms with Gasteiger partial charge in [-0.15, -0.1) is 24.0 Å². The molecule has 0 radical (unpaired) electrons. The van der Waals surface area contributed by atoms with Gasteiger partial charge in [0.15, 0.2) is 17.5 Å². The standard InChI is InChI=1S/C23H31FN4O.HI/c1-18(29-22-11-7-6-10-21(22)24)16-26-23(25-2)27-20-12-14-28(15-13-20)17-19-8-4-3-5-9-19;/h3-11,18,20H,12-17H2,1-2H3,(H2,25,26,27);1H. The Morgan fingerprint density at radius 3 is 2.47 bits per heavy atom. The molecule has 2 N–H and O–H groups in total. The normalized spacial score (nSPS) is 16.4. The largest absolute Gasteiger partial charge is 0.486 e. The zero-order valence-corrected chi connectivity index (χ0v) is 20.0. The van der Waals surface area contributed by atoms with E-state index >= 15 is 0 Å². The summed E-state index contributed by atoms with van der Waals surface area (Å²) in [5.41, 5.74) is 1.36. The third-order valence-corrected chi connectivity index (χ3v) is 5.12. The van der Waals surface area contributed by atoms with Gasteiger partial charge in [0.25, 0.3) is 0 Å². The number of benzene rings is 2. The van der Waals surface area contributed by atoms with Crippen molar-refractivity contribution in [1.82, 2.24) is 15.5 Å². The van der Waals surface area contributed by atoms with Crippen molar-refractivity contribution in [3.63, 3.8) is 0 Å². The second kappa shape index (κ2) is 12.7. The van der Waals surface area contributed by atoms with Gasteiger partial charge in [-0.05, 0) is 37.5 Å². The summed E-state index contributed by atoms with van der Waals surface area (Å²) in [6.07, 6.45) is 1.97. The molecule has 0 aromatic heterocycles. The van der Waals surface area contributed by atoms with E-state index in [2.05, 4.69) is 50.9 Å². The van der Waals surface area contributed by atoms with E-state index in [9.17, 15) is 4.39 Å². The third-order valence-electron chi connectivity index (χ3n) is 5.12. The van der Waals surface area contributed by atoms with Gasteiger partial charge in [0.1, 0.15) is 6.10 Å². The summed E-state index contributed by atoms with van der Waals surface area (Å²) < 4.78 is 19.4. The third kappa shape index (κ3) is 7.75. The van der Waals surface area contributed by atoms with Crippen molar-refractivity contribution in [2.24, 2.45) is 4.99 Å². The van der Waals surface area contributed by atoms with Crippen molar-refractivity contribution in [2.45, 2.75) is 38.5 Å². The van der Waals surface area contributed by atoms with Crippen molar-refractivity contribution >= 4 is 29.9 Å². The van der Waals surface area contributed by atoms with Crippen LogP contribution in [0, 0.1) is 5.82 Å². The number of hydrogen-bond donors (Lipinski definition) is 2. The molecule has 0 aliphatic carbocycles. The molecular formula is C23H32FIN4O. The number of hydrogen-bond acceptors (Lipinski definition) is 3. The molecule has 30 heavy (non-hydrogen) atoms. The minimum absolute atomic E-state index is 0. The summed E-state index contributed by atoms with van der Waals surface area (Å²) in [6, 6.07) is 17.5. The first-order valence-corrected chi connectivity index (χ1v) is 10.3. The van der Waals surface area contributed by atoms with Gasteiger partial charge < -0.3 is 15.4 Å². The molecule has 0 amide bonds. The van der Waals surface area contributed by atoms with Crippen LogP contribution in [-0.4, -0.2) is 49.7 Å². The van der Waals surface area contributed by atoms with Crippen molar-refractivity contribution in [3.8, 4) is 5.75 Å². The van der Waals surface area contributed by atoms with E-state index in [0.29, 0.717) is 12.6 Å². The quantitative estimate of drug-likeness (QED) is 0.325. The number of para-hydroxylation sites is 1. The van der Waals surface area contributed by atoms with Crippen molar-refractivity contribution in [1.29, 1.82) is 0 Å². The number of rotatable bonds is 7. The minimum atomic E-state index is -0.343. The zero-order valence-electron chi connectivity index (χ0n) is 17.7. The smallest absolute Gasteiger partial charge is 0.191 e. The lowest BCUT2D eigenvalue weighted by Crippen LogP contribution is -2.49. The van der Waals surface area contributed by atoms with E-state index in [1.807, 2.05) is 6.92 Å². The Morgan fingerprint density at radius 2 is 1.80 bits per heavy atom. The van der Waals surface area contributed by atoms with Gasteiger partial charge in [0.2, 0.25) is 0 Å². The van der Waals surface area contributed by atoms with Crippen LogP contribution in [0.2, 0.25) is 0 Å². The van der Waals surface area contributed by atoms with E-state index in [1.165, 1.54) is 11.6 Å². The number of guanidine groups is 1. The number of ether oxygens (including phenoxy) is 1. The topological polar surface area (TPSA) is 48.9 Å². The first kappa shape index (κ1) is 24.4. The van der Waals surface area contributed by atoms with Crippen LogP contribution in [0.1, 0.15) is 25.3 Å². The van der Waals surface area contributed by atoms with E-state index in [4.69, 9.17) is 4.74 Å². The Hall–Kier alpha value is -1.87. The second-order valence-corrected chi connectivity index (χ2v) is 7.49. The lowest BCUT2D eigenvalue weighted by molar-refractivity contribution is 0.197. The molecule has 1 fully saturated rings. The number of halogens is 2. The molecule has 0 spiro atoms. The predicted molar refractivity (Wildman–Crippen MR) is 131 cm³/mol.